The molecule has 0 bridgehead atoms. The van der Waals surface area contributed by atoms with Crippen LogP contribution in [0.3, 0.4) is 0 Å². The molecule has 0 aliphatic rings. The highest BCUT2D eigenvalue weighted by molar-refractivity contribution is 7.92. The van der Waals surface area contributed by atoms with Gasteiger partial charge in [-0.25, -0.2) is 8.42 Å². The third kappa shape index (κ3) is 5.87. The largest absolute Gasteiger partial charge is 0.494 e. The summed E-state index contributed by atoms with van der Waals surface area (Å²) in [6.07, 6.45) is 1.07. The van der Waals surface area contributed by atoms with Crippen LogP contribution in [-0.4, -0.2) is 33.7 Å². The zero-order chi connectivity index (χ0) is 20.9. The molecule has 6 nitrogen and oxygen atoms in total. The van der Waals surface area contributed by atoms with Crippen molar-refractivity contribution in [2.45, 2.75) is 26.8 Å². The summed E-state index contributed by atoms with van der Waals surface area (Å²) in [6, 6.07) is 12.0. The normalized spacial score (nSPS) is 12.3. The Morgan fingerprint density at radius 1 is 1.21 bits per heavy atom. The van der Waals surface area contributed by atoms with Crippen LogP contribution in [0.5, 0.6) is 5.75 Å². The van der Waals surface area contributed by atoms with Crippen molar-refractivity contribution in [3.63, 3.8) is 0 Å². The lowest BCUT2D eigenvalue weighted by Gasteiger charge is -2.25. The average molecular weight is 425 g/mol. The van der Waals surface area contributed by atoms with E-state index in [0.717, 1.165) is 21.9 Å². The van der Waals surface area contributed by atoms with E-state index in [1.165, 1.54) is 0 Å². The third-order valence-corrected chi connectivity index (χ3v) is 5.55. The summed E-state index contributed by atoms with van der Waals surface area (Å²) < 4.78 is 31.0. The van der Waals surface area contributed by atoms with Gasteiger partial charge >= 0.3 is 0 Å². The van der Waals surface area contributed by atoms with Crippen LogP contribution in [0.25, 0.3) is 0 Å². The number of sulfonamides is 1. The van der Waals surface area contributed by atoms with Crippen LogP contribution in [0, 0.1) is 6.92 Å². The minimum Gasteiger partial charge on any atom is -0.494 e. The average Bonchev–Trinajstić information content (AvgIpc) is 2.60. The number of aryl methyl sites for hydroxylation is 1. The second-order valence-corrected chi connectivity index (χ2v) is 8.83. The Morgan fingerprint density at radius 3 is 2.39 bits per heavy atom. The first-order chi connectivity index (χ1) is 13.1. The van der Waals surface area contributed by atoms with Crippen LogP contribution in [0.1, 0.15) is 31.0 Å². The van der Waals surface area contributed by atoms with E-state index in [1.54, 1.807) is 25.1 Å². The van der Waals surface area contributed by atoms with Crippen LogP contribution in [-0.2, 0) is 14.8 Å². The summed E-state index contributed by atoms with van der Waals surface area (Å²) in [5.41, 5.74) is 1.99. The first-order valence-electron chi connectivity index (χ1n) is 8.87. The van der Waals surface area contributed by atoms with Crippen molar-refractivity contribution in [2.24, 2.45) is 0 Å². The summed E-state index contributed by atoms with van der Waals surface area (Å²) in [7, 11) is -3.65. The molecule has 2 aromatic carbocycles. The lowest BCUT2D eigenvalue weighted by atomic mass is 10.1. The van der Waals surface area contributed by atoms with Crippen molar-refractivity contribution in [1.82, 2.24) is 5.32 Å². The molecule has 28 heavy (non-hydrogen) atoms. The van der Waals surface area contributed by atoms with Gasteiger partial charge in [0.2, 0.25) is 15.9 Å². The molecule has 2 aromatic rings. The molecule has 8 heteroatoms. The molecule has 0 aromatic heterocycles. The molecule has 0 radical (unpaired) electrons. The van der Waals surface area contributed by atoms with Gasteiger partial charge < -0.3 is 10.1 Å². The van der Waals surface area contributed by atoms with Crippen molar-refractivity contribution in [3.05, 3.63) is 58.6 Å². The van der Waals surface area contributed by atoms with E-state index in [-0.39, 0.29) is 12.6 Å². The number of amides is 1. The highest BCUT2D eigenvalue weighted by Crippen LogP contribution is 2.25. The zero-order valence-electron chi connectivity index (χ0n) is 16.4. The van der Waals surface area contributed by atoms with E-state index in [2.05, 4.69) is 5.32 Å². The van der Waals surface area contributed by atoms with Crippen molar-refractivity contribution in [2.75, 3.05) is 23.7 Å². The molecule has 0 fully saturated rings. The highest BCUT2D eigenvalue weighted by atomic mass is 35.5. The summed E-state index contributed by atoms with van der Waals surface area (Å²) in [6.45, 7) is 5.76. The van der Waals surface area contributed by atoms with Gasteiger partial charge in [-0.1, -0.05) is 23.7 Å². The number of benzene rings is 2. The van der Waals surface area contributed by atoms with Crippen molar-refractivity contribution in [1.29, 1.82) is 0 Å². The van der Waals surface area contributed by atoms with Gasteiger partial charge in [0.25, 0.3) is 0 Å². The lowest BCUT2D eigenvalue weighted by Crippen LogP contribution is -2.41. The Morgan fingerprint density at radius 2 is 1.86 bits per heavy atom. The minimum atomic E-state index is -3.65. The maximum absolute atomic E-state index is 12.5. The van der Waals surface area contributed by atoms with E-state index in [4.69, 9.17) is 16.3 Å². The number of ether oxygens (including phenoxy) is 1. The molecule has 0 saturated carbocycles. The van der Waals surface area contributed by atoms with E-state index in [0.29, 0.717) is 22.9 Å². The summed E-state index contributed by atoms with van der Waals surface area (Å²) in [5.74, 6) is 0.354. The molecule has 1 atom stereocenters. The van der Waals surface area contributed by atoms with E-state index >= 15 is 0 Å². The van der Waals surface area contributed by atoms with Crippen LogP contribution in [0.15, 0.2) is 42.5 Å². The summed E-state index contributed by atoms with van der Waals surface area (Å²) in [5, 5.41) is 3.34. The molecular formula is C20H25ClN2O4S. The predicted octanol–water partition coefficient (Wildman–Crippen LogP) is 3.69. The van der Waals surface area contributed by atoms with Gasteiger partial charge in [-0.15, -0.1) is 0 Å². The molecule has 0 aliphatic carbocycles. The number of halogens is 1. The van der Waals surface area contributed by atoms with Crippen LogP contribution < -0.4 is 14.4 Å². The second-order valence-electron chi connectivity index (χ2n) is 6.49. The maximum Gasteiger partial charge on any atom is 0.241 e. The van der Waals surface area contributed by atoms with E-state index in [9.17, 15) is 13.2 Å². The van der Waals surface area contributed by atoms with Gasteiger partial charge in [0.15, 0.2) is 0 Å². The zero-order valence-corrected chi connectivity index (χ0v) is 18.0. The number of anilines is 1. The predicted molar refractivity (Wildman–Crippen MR) is 113 cm³/mol. The van der Waals surface area contributed by atoms with E-state index in [1.807, 2.05) is 38.1 Å². The summed E-state index contributed by atoms with van der Waals surface area (Å²) in [4.78, 5) is 12.5. The van der Waals surface area contributed by atoms with Crippen molar-refractivity contribution >= 4 is 33.2 Å². The van der Waals surface area contributed by atoms with Crippen molar-refractivity contribution < 1.29 is 17.9 Å². The Bertz CT molecular complexity index is 930. The highest BCUT2D eigenvalue weighted by Gasteiger charge is 2.23. The fourth-order valence-corrected chi connectivity index (χ4v) is 3.94. The van der Waals surface area contributed by atoms with Crippen LogP contribution in [0.4, 0.5) is 5.69 Å². The smallest absolute Gasteiger partial charge is 0.241 e. The molecule has 2 rings (SSSR count). The van der Waals surface area contributed by atoms with E-state index < -0.39 is 15.9 Å². The van der Waals surface area contributed by atoms with Crippen molar-refractivity contribution in [3.8, 4) is 5.75 Å². The van der Waals surface area contributed by atoms with Crippen LogP contribution in [0.2, 0.25) is 5.02 Å². The number of carbonyl (C=O) groups excluding carboxylic acids is 1. The van der Waals surface area contributed by atoms with Gasteiger partial charge in [0.05, 0.1) is 24.6 Å². The quantitative estimate of drug-likeness (QED) is 0.701. The van der Waals surface area contributed by atoms with Gasteiger partial charge in [-0.2, -0.15) is 0 Å². The Labute approximate surface area is 171 Å². The third-order valence-electron chi connectivity index (χ3n) is 4.18. The number of rotatable bonds is 8. The molecule has 152 valence electrons. The minimum absolute atomic E-state index is 0.282. The molecular weight excluding hydrogens is 400 g/mol. The number of nitrogens with zero attached hydrogens (tertiary/aromatic N) is 1. The first kappa shape index (κ1) is 22.0. The summed E-state index contributed by atoms with van der Waals surface area (Å²) >= 11 is 5.95. The SMILES string of the molecule is CCOc1ccc([C@H](C)NC(=O)CN(c2ccc(Cl)cc2C)S(C)(=O)=O)cc1. The molecule has 0 aliphatic heterocycles. The fraction of sp³-hybridized carbons (Fsp3) is 0.350. The molecule has 1 amide bonds. The maximum atomic E-state index is 12.5. The fourth-order valence-electron chi connectivity index (χ4n) is 2.80. The lowest BCUT2D eigenvalue weighted by molar-refractivity contribution is -0.120. The second kappa shape index (κ2) is 9.30. The Hall–Kier alpha value is -2.25. The molecule has 1 N–H and O–H groups in total. The standard InChI is InChI=1S/C20H25ClN2O4S/c1-5-27-18-9-6-16(7-10-18)15(3)22-20(24)13-23(28(4,25)26)19-11-8-17(21)12-14(19)2/h6-12,15H,5,13H2,1-4H3,(H,22,24)/t15-/m0/s1. The Balaban J connectivity index is 2.13. The monoisotopic (exact) mass is 424 g/mol. The van der Waals surface area contributed by atoms with Crippen LogP contribution >= 0.6 is 11.6 Å². The Kier molecular flexibility index (Phi) is 7.32. The first-order valence-corrected chi connectivity index (χ1v) is 11.1. The number of carbonyl (C=O) groups is 1. The molecule has 0 unspecified atom stereocenters. The van der Waals surface area contributed by atoms with Gasteiger partial charge in [0, 0.05) is 5.02 Å². The van der Waals surface area contributed by atoms with Gasteiger partial charge in [-0.3, -0.25) is 9.10 Å². The number of nitrogens with one attached hydrogen (secondary N) is 1. The van der Waals surface area contributed by atoms with Gasteiger partial charge in [0.1, 0.15) is 12.3 Å². The topological polar surface area (TPSA) is 75.7 Å². The molecule has 0 heterocycles. The molecule has 0 saturated heterocycles. The molecule has 0 spiro atoms. The number of hydrogen-bond donors (Lipinski definition) is 1. The number of hydrogen-bond acceptors (Lipinski definition) is 4. The van der Waals surface area contributed by atoms with Gasteiger partial charge in [-0.05, 0) is 62.2 Å².